The molecule has 0 unspecified atom stereocenters. The molecule has 0 aliphatic heterocycles. The van der Waals surface area contributed by atoms with Crippen molar-refractivity contribution in [2.45, 2.75) is 13.2 Å². The van der Waals surface area contributed by atoms with Crippen LogP contribution in [-0.2, 0) is 13.2 Å². The van der Waals surface area contributed by atoms with Crippen LogP contribution in [0.1, 0.15) is 11.1 Å². The number of nitrogens with two attached hydrogens (primary N) is 1. The number of aliphatic imine (C=N–C) groups is 2. The molecule has 9 rings (SSSR count). The predicted molar refractivity (Wildman–Crippen MR) is 216 cm³/mol. The van der Waals surface area contributed by atoms with Crippen molar-refractivity contribution in [1.29, 1.82) is 0 Å². The third-order valence-electron chi connectivity index (χ3n) is 9.80. The van der Waals surface area contributed by atoms with E-state index in [2.05, 4.69) is 154 Å². The van der Waals surface area contributed by atoms with E-state index in [1.807, 2.05) is 30.3 Å². The Labute approximate surface area is 301 Å². The minimum Gasteiger partial charge on any atom is -0.487 e. The summed E-state index contributed by atoms with van der Waals surface area (Å²) in [5.41, 5.74) is 17.2. The van der Waals surface area contributed by atoms with Gasteiger partial charge in [-0.1, -0.05) is 133 Å². The van der Waals surface area contributed by atoms with E-state index in [4.69, 9.17) is 15.5 Å². The van der Waals surface area contributed by atoms with E-state index in [0.29, 0.717) is 30.5 Å². The number of aromatic nitrogens is 2. The predicted octanol–water partition coefficient (Wildman–Crippen LogP) is 10.8. The molecule has 0 aliphatic carbocycles. The van der Waals surface area contributed by atoms with Crippen LogP contribution < -0.4 is 10.5 Å². The van der Waals surface area contributed by atoms with Gasteiger partial charge in [0.15, 0.2) is 0 Å². The van der Waals surface area contributed by atoms with Crippen LogP contribution >= 0.6 is 0 Å². The number of nitrogens with zero attached hydrogens (tertiary/aromatic N) is 4. The number of ether oxygens (including phenoxy) is 1. The van der Waals surface area contributed by atoms with Gasteiger partial charge in [-0.15, -0.1) is 0 Å². The minimum absolute atomic E-state index is 0.383. The molecule has 6 nitrogen and oxygen atoms in total. The highest BCUT2D eigenvalue weighted by Crippen LogP contribution is 2.44. The molecule has 0 aliphatic rings. The molecular formula is C46H35N5O. The Bertz CT molecular complexity index is 2720. The summed E-state index contributed by atoms with van der Waals surface area (Å²) in [5.74, 6) is 1.04. The molecule has 0 bridgehead atoms. The highest BCUT2D eigenvalue weighted by molar-refractivity contribution is 6.21. The van der Waals surface area contributed by atoms with Crippen LogP contribution in [0.4, 0.5) is 5.69 Å². The van der Waals surface area contributed by atoms with Gasteiger partial charge in [0.1, 0.15) is 18.0 Å². The first-order valence-electron chi connectivity index (χ1n) is 17.4. The van der Waals surface area contributed by atoms with Gasteiger partial charge in [-0.2, -0.15) is 0 Å². The van der Waals surface area contributed by atoms with E-state index in [1.165, 1.54) is 16.3 Å². The average molecular weight is 674 g/mol. The normalized spacial score (nSPS) is 11.9. The van der Waals surface area contributed by atoms with E-state index in [0.717, 1.165) is 55.2 Å². The third-order valence-corrected chi connectivity index (χ3v) is 9.80. The lowest BCUT2D eigenvalue weighted by Crippen LogP contribution is -2.23. The van der Waals surface area contributed by atoms with Crippen LogP contribution in [0.5, 0.6) is 5.75 Å². The molecule has 9 aromatic rings. The second-order valence-corrected chi connectivity index (χ2v) is 12.9. The van der Waals surface area contributed by atoms with Gasteiger partial charge >= 0.3 is 0 Å². The van der Waals surface area contributed by atoms with Gasteiger partial charge < -0.3 is 15.0 Å². The van der Waals surface area contributed by atoms with Crippen molar-refractivity contribution >= 4 is 62.0 Å². The summed E-state index contributed by atoms with van der Waals surface area (Å²) in [6, 6.07) is 56.4. The number of hydrogen-bond acceptors (Lipinski definition) is 3. The zero-order valence-corrected chi connectivity index (χ0v) is 28.5. The number of hydrogen-bond donors (Lipinski definition) is 1. The van der Waals surface area contributed by atoms with Crippen molar-refractivity contribution in [2.24, 2.45) is 15.7 Å². The molecule has 0 saturated carbocycles. The summed E-state index contributed by atoms with van der Waals surface area (Å²) in [5, 5.41) is 4.25. The summed E-state index contributed by atoms with van der Waals surface area (Å²) in [6.45, 7) is 4.84. The van der Waals surface area contributed by atoms with Gasteiger partial charge in [-0.3, -0.25) is 9.56 Å². The first kappa shape index (κ1) is 31.1. The molecular weight excluding hydrogens is 639 g/mol. The summed E-state index contributed by atoms with van der Waals surface area (Å²) in [7, 11) is 0. The Kier molecular flexibility index (Phi) is 7.82. The molecule has 2 N–H and O–H groups in total. The maximum absolute atomic E-state index is 7.08. The van der Waals surface area contributed by atoms with E-state index in [9.17, 15) is 0 Å². The molecule has 0 atom stereocenters. The first-order chi connectivity index (χ1) is 25.7. The largest absolute Gasteiger partial charge is 0.487 e. The summed E-state index contributed by atoms with van der Waals surface area (Å²) < 4.78 is 10.8. The van der Waals surface area contributed by atoms with Crippen molar-refractivity contribution in [1.82, 2.24) is 9.13 Å². The molecule has 250 valence electrons. The summed E-state index contributed by atoms with van der Waals surface area (Å²) in [4.78, 5) is 9.59. The van der Waals surface area contributed by atoms with Gasteiger partial charge in [0.25, 0.3) is 0 Å². The van der Waals surface area contributed by atoms with Crippen LogP contribution in [0, 0.1) is 0 Å². The number of fused-ring (bicyclic) bond motifs is 6. The fourth-order valence-corrected chi connectivity index (χ4v) is 7.39. The highest BCUT2D eigenvalue weighted by atomic mass is 16.5. The quantitative estimate of drug-likeness (QED) is 0.129. The molecule has 2 heterocycles. The maximum atomic E-state index is 7.08. The second kappa shape index (κ2) is 13.1. The van der Waals surface area contributed by atoms with Crippen LogP contribution in [-0.4, -0.2) is 21.8 Å². The Morgan fingerprint density at radius 3 is 1.88 bits per heavy atom. The molecule has 0 amide bonds. The lowest BCUT2D eigenvalue weighted by atomic mass is 10.0. The molecule has 52 heavy (non-hydrogen) atoms. The minimum atomic E-state index is 0.383. The lowest BCUT2D eigenvalue weighted by Gasteiger charge is -2.14. The molecule has 0 spiro atoms. The molecule has 0 saturated heterocycles. The SMILES string of the molecule is C=Nc1c(OCc2ccccc2)ccc2c1c1cccc(-n3c4ccccc4c4ccccc43)c1n2C(N)=NCc1ccc(-c2ccccc2)cc1. The van der Waals surface area contributed by atoms with Crippen LogP contribution in [0.15, 0.2) is 174 Å². The summed E-state index contributed by atoms with van der Waals surface area (Å²) in [6.07, 6.45) is 0. The Morgan fingerprint density at radius 1 is 0.577 bits per heavy atom. The van der Waals surface area contributed by atoms with E-state index < -0.39 is 0 Å². The molecule has 7 aromatic carbocycles. The van der Waals surface area contributed by atoms with Crippen molar-refractivity contribution in [2.75, 3.05) is 0 Å². The van der Waals surface area contributed by atoms with Gasteiger partial charge in [-0.05, 0) is 59.3 Å². The molecule has 6 heteroatoms. The first-order valence-corrected chi connectivity index (χ1v) is 17.4. The smallest absolute Gasteiger partial charge is 0.200 e. The monoisotopic (exact) mass is 673 g/mol. The number of rotatable bonds is 8. The van der Waals surface area contributed by atoms with Crippen molar-refractivity contribution in [3.8, 4) is 22.6 Å². The van der Waals surface area contributed by atoms with Crippen molar-refractivity contribution in [3.05, 3.63) is 175 Å². The molecule has 0 radical (unpaired) electrons. The van der Waals surface area contributed by atoms with E-state index >= 15 is 0 Å². The van der Waals surface area contributed by atoms with Gasteiger partial charge in [0, 0.05) is 21.5 Å². The third kappa shape index (κ3) is 5.29. The van der Waals surface area contributed by atoms with Crippen molar-refractivity contribution in [3.63, 3.8) is 0 Å². The van der Waals surface area contributed by atoms with Crippen LogP contribution in [0.3, 0.4) is 0 Å². The Morgan fingerprint density at radius 2 is 1.19 bits per heavy atom. The number of benzene rings is 7. The summed E-state index contributed by atoms with van der Waals surface area (Å²) >= 11 is 0. The molecule has 2 aromatic heterocycles. The zero-order valence-electron chi connectivity index (χ0n) is 28.5. The second-order valence-electron chi connectivity index (χ2n) is 12.9. The maximum Gasteiger partial charge on any atom is 0.200 e. The Balaban J connectivity index is 1.24. The fraction of sp³-hybridized carbons (Fsp3) is 0.0435. The number of para-hydroxylation sites is 3. The average Bonchev–Trinajstić information content (AvgIpc) is 3.73. The van der Waals surface area contributed by atoms with Crippen molar-refractivity contribution < 1.29 is 4.74 Å². The topological polar surface area (TPSA) is 69.8 Å². The Hall–Kier alpha value is -6.92. The lowest BCUT2D eigenvalue weighted by molar-refractivity contribution is 0.308. The van der Waals surface area contributed by atoms with E-state index in [-0.39, 0.29) is 0 Å². The van der Waals surface area contributed by atoms with Crippen LogP contribution in [0.2, 0.25) is 0 Å². The van der Waals surface area contributed by atoms with Gasteiger partial charge in [-0.25, -0.2) is 4.99 Å². The van der Waals surface area contributed by atoms with Gasteiger partial charge in [0.2, 0.25) is 5.96 Å². The fourth-order valence-electron chi connectivity index (χ4n) is 7.39. The van der Waals surface area contributed by atoms with E-state index in [1.54, 1.807) is 0 Å². The molecule has 0 fully saturated rings. The highest BCUT2D eigenvalue weighted by Gasteiger charge is 2.23. The van der Waals surface area contributed by atoms with Gasteiger partial charge in [0.05, 0.1) is 34.3 Å². The standard InChI is InChI=1S/C46H35N5O/c1-48-44-42(52-30-32-13-4-2-5-14-32)28-27-40-43(44)37-19-12-22-41(50-38-20-10-8-17-35(38)36-18-9-11-21-39(36)50)45(37)51(40)46(47)49-29-31-23-25-34(26-24-31)33-15-6-3-7-16-33/h2-28H,1,29-30H2,(H2,47,49). The zero-order chi connectivity index (χ0) is 35.0. The van der Waals surface area contributed by atoms with Crippen LogP contribution in [0.25, 0.3) is 60.4 Å².